The normalized spacial score (nSPS) is 17.3. The first kappa shape index (κ1) is 13.9. The van der Waals surface area contributed by atoms with Crippen LogP contribution >= 0.6 is 0 Å². The number of rotatable bonds is 6. The quantitative estimate of drug-likeness (QED) is 0.853. The Labute approximate surface area is 114 Å². The van der Waals surface area contributed by atoms with Gasteiger partial charge in [0.1, 0.15) is 5.75 Å². The van der Waals surface area contributed by atoms with E-state index in [-0.39, 0.29) is 5.92 Å². The third kappa shape index (κ3) is 3.98. The number of hydrogen-bond donors (Lipinski definition) is 1. The fraction of sp³-hybridized carbons (Fsp3) is 0.562. The first-order chi connectivity index (χ1) is 9.19. The van der Waals surface area contributed by atoms with Crippen molar-refractivity contribution in [2.45, 2.75) is 38.5 Å². The highest BCUT2D eigenvalue weighted by atomic mass is 16.5. The topological polar surface area (TPSA) is 46.5 Å². The second-order valence-electron chi connectivity index (χ2n) is 5.47. The van der Waals surface area contributed by atoms with Crippen molar-refractivity contribution in [2.75, 3.05) is 7.11 Å². The van der Waals surface area contributed by atoms with Crippen LogP contribution in [0.5, 0.6) is 5.75 Å². The third-order valence-electron chi connectivity index (χ3n) is 4.08. The summed E-state index contributed by atoms with van der Waals surface area (Å²) in [5.74, 6) is 0.505. The van der Waals surface area contributed by atoms with Gasteiger partial charge in [-0.15, -0.1) is 0 Å². The third-order valence-corrected chi connectivity index (χ3v) is 4.08. The molecule has 1 aliphatic rings. The molecule has 1 aliphatic carbocycles. The molecule has 1 saturated carbocycles. The van der Waals surface area contributed by atoms with E-state index in [2.05, 4.69) is 0 Å². The highest BCUT2D eigenvalue weighted by Crippen LogP contribution is 2.31. The summed E-state index contributed by atoms with van der Waals surface area (Å²) in [7, 11) is 1.63. The first-order valence-corrected chi connectivity index (χ1v) is 7.04. The average Bonchev–Trinajstić information content (AvgIpc) is 2.91. The van der Waals surface area contributed by atoms with E-state index < -0.39 is 5.97 Å². The van der Waals surface area contributed by atoms with Crippen LogP contribution in [0.15, 0.2) is 24.3 Å². The van der Waals surface area contributed by atoms with Crippen molar-refractivity contribution < 1.29 is 14.6 Å². The molecule has 3 nitrogen and oxygen atoms in total. The number of hydrogen-bond acceptors (Lipinski definition) is 2. The molecule has 0 aliphatic heterocycles. The predicted molar refractivity (Wildman–Crippen MR) is 74.4 cm³/mol. The van der Waals surface area contributed by atoms with Crippen molar-refractivity contribution >= 4 is 5.97 Å². The summed E-state index contributed by atoms with van der Waals surface area (Å²) in [6, 6.07) is 7.71. The van der Waals surface area contributed by atoms with Crippen molar-refractivity contribution in [1.29, 1.82) is 0 Å². The second-order valence-corrected chi connectivity index (χ2v) is 5.47. The summed E-state index contributed by atoms with van der Waals surface area (Å²) in [5, 5.41) is 9.37. The number of carboxylic acid groups (broad SMARTS) is 1. The van der Waals surface area contributed by atoms with E-state index in [4.69, 9.17) is 4.74 Å². The van der Waals surface area contributed by atoms with Gasteiger partial charge in [0.25, 0.3) is 0 Å². The monoisotopic (exact) mass is 262 g/mol. The number of ether oxygens (including phenoxy) is 1. The van der Waals surface area contributed by atoms with Crippen LogP contribution in [-0.2, 0) is 11.2 Å². The molecule has 1 unspecified atom stereocenters. The SMILES string of the molecule is COc1ccc(CC(CC2CCCC2)C(=O)O)cc1. The molecule has 0 bridgehead atoms. The molecule has 0 aromatic heterocycles. The Balaban J connectivity index is 1.96. The Morgan fingerprint density at radius 2 is 1.95 bits per heavy atom. The standard InChI is InChI=1S/C16H22O3/c1-19-15-8-6-13(7-9-15)11-14(16(17)18)10-12-4-2-3-5-12/h6-9,12,14H,2-5,10-11H2,1H3,(H,17,18). The zero-order chi connectivity index (χ0) is 13.7. The lowest BCUT2D eigenvalue weighted by molar-refractivity contribution is -0.142. The Bertz CT molecular complexity index is 405. The van der Waals surface area contributed by atoms with Crippen molar-refractivity contribution in [3.8, 4) is 5.75 Å². The smallest absolute Gasteiger partial charge is 0.306 e. The van der Waals surface area contributed by atoms with Gasteiger partial charge in [-0.05, 0) is 36.5 Å². The van der Waals surface area contributed by atoms with Crippen LogP contribution in [0.25, 0.3) is 0 Å². The van der Waals surface area contributed by atoms with Gasteiger partial charge < -0.3 is 9.84 Å². The van der Waals surface area contributed by atoms with Gasteiger partial charge in [0.2, 0.25) is 0 Å². The van der Waals surface area contributed by atoms with Gasteiger partial charge in [0, 0.05) is 0 Å². The lowest BCUT2D eigenvalue weighted by Gasteiger charge is -2.17. The van der Waals surface area contributed by atoms with E-state index in [1.165, 1.54) is 25.7 Å². The van der Waals surface area contributed by atoms with Crippen LogP contribution in [0.3, 0.4) is 0 Å². The summed E-state index contributed by atoms with van der Waals surface area (Å²) < 4.78 is 5.11. The number of benzene rings is 1. The molecule has 1 N–H and O–H groups in total. The Morgan fingerprint density at radius 3 is 2.47 bits per heavy atom. The van der Waals surface area contributed by atoms with Crippen LogP contribution in [0, 0.1) is 11.8 Å². The average molecular weight is 262 g/mol. The molecule has 0 heterocycles. The van der Waals surface area contributed by atoms with Gasteiger partial charge in [0.05, 0.1) is 13.0 Å². The number of aliphatic carboxylic acids is 1. The molecular weight excluding hydrogens is 240 g/mol. The molecule has 2 rings (SSSR count). The largest absolute Gasteiger partial charge is 0.497 e. The Morgan fingerprint density at radius 1 is 1.32 bits per heavy atom. The summed E-state index contributed by atoms with van der Waals surface area (Å²) in [5.41, 5.74) is 1.08. The molecule has 1 atom stereocenters. The molecule has 1 aromatic carbocycles. The number of carbonyl (C=O) groups is 1. The van der Waals surface area contributed by atoms with Crippen LogP contribution in [0.1, 0.15) is 37.7 Å². The molecule has 3 heteroatoms. The lowest BCUT2D eigenvalue weighted by atomic mass is 9.88. The van der Waals surface area contributed by atoms with Gasteiger partial charge in [-0.25, -0.2) is 0 Å². The predicted octanol–water partition coefficient (Wildman–Crippen LogP) is 3.52. The molecule has 1 fully saturated rings. The van der Waals surface area contributed by atoms with Gasteiger partial charge >= 0.3 is 5.97 Å². The van der Waals surface area contributed by atoms with Crippen LogP contribution in [0.4, 0.5) is 0 Å². The van der Waals surface area contributed by atoms with E-state index >= 15 is 0 Å². The number of methoxy groups -OCH3 is 1. The van der Waals surface area contributed by atoms with Gasteiger partial charge in [-0.1, -0.05) is 37.8 Å². The van der Waals surface area contributed by atoms with Crippen LogP contribution in [0.2, 0.25) is 0 Å². The van der Waals surface area contributed by atoms with E-state index in [0.29, 0.717) is 12.3 Å². The summed E-state index contributed by atoms with van der Waals surface area (Å²) in [6.07, 6.45) is 6.37. The van der Waals surface area contributed by atoms with Crippen molar-refractivity contribution in [3.63, 3.8) is 0 Å². The van der Waals surface area contributed by atoms with E-state index in [1.807, 2.05) is 24.3 Å². The van der Waals surface area contributed by atoms with Crippen molar-refractivity contribution in [2.24, 2.45) is 11.8 Å². The van der Waals surface area contributed by atoms with Crippen molar-refractivity contribution in [3.05, 3.63) is 29.8 Å². The maximum Gasteiger partial charge on any atom is 0.306 e. The van der Waals surface area contributed by atoms with E-state index in [1.54, 1.807) is 7.11 Å². The Kier molecular flexibility index (Phi) is 4.83. The summed E-state index contributed by atoms with van der Waals surface area (Å²) >= 11 is 0. The minimum absolute atomic E-state index is 0.253. The fourth-order valence-corrected chi connectivity index (χ4v) is 2.97. The fourth-order valence-electron chi connectivity index (χ4n) is 2.97. The molecule has 19 heavy (non-hydrogen) atoms. The van der Waals surface area contributed by atoms with Crippen LogP contribution < -0.4 is 4.74 Å². The maximum atomic E-state index is 11.4. The minimum Gasteiger partial charge on any atom is -0.497 e. The molecule has 1 aromatic rings. The maximum absolute atomic E-state index is 11.4. The molecule has 0 saturated heterocycles. The molecule has 0 radical (unpaired) electrons. The molecule has 104 valence electrons. The Hall–Kier alpha value is -1.51. The van der Waals surface area contributed by atoms with E-state index in [9.17, 15) is 9.90 Å². The number of carboxylic acids is 1. The van der Waals surface area contributed by atoms with Crippen LogP contribution in [-0.4, -0.2) is 18.2 Å². The molecular formula is C16H22O3. The first-order valence-electron chi connectivity index (χ1n) is 7.04. The van der Waals surface area contributed by atoms with E-state index in [0.717, 1.165) is 17.7 Å². The lowest BCUT2D eigenvalue weighted by Crippen LogP contribution is -2.19. The molecule has 0 spiro atoms. The highest BCUT2D eigenvalue weighted by Gasteiger charge is 2.25. The zero-order valence-corrected chi connectivity index (χ0v) is 11.5. The summed E-state index contributed by atoms with van der Waals surface area (Å²) in [4.78, 5) is 11.4. The van der Waals surface area contributed by atoms with Gasteiger partial charge in [-0.3, -0.25) is 4.79 Å². The molecule has 0 amide bonds. The minimum atomic E-state index is -0.664. The highest BCUT2D eigenvalue weighted by molar-refractivity contribution is 5.70. The summed E-state index contributed by atoms with van der Waals surface area (Å²) in [6.45, 7) is 0. The van der Waals surface area contributed by atoms with Gasteiger partial charge in [0.15, 0.2) is 0 Å². The van der Waals surface area contributed by atoms with Crippen molar-refractivity contribution in [1.82, 2.24) is 0 Å². The second kappa shape index (κ2) is 6.60. The zero-order valence-electron chi connectivity index (χ0n) is 11.5. The van der Waals surface area contributed by atoms with Gasteiger partial charge in [-0.2, -0.15) is 0 Å².